The number of amides is 2. The Bertz CT molecular complexity index is 1340. The molecule has 0 bridgehead atoms. The Kier molecular flexibility index (Phi) is 9.57. The number of benzene rings is 2. The molecular weight excluding hydrogens is 506 g/mol. The Balaban J connectivity index is 1.45. The molecule has 0 saturated carbocycles. The lowest BCUT2D eigenvalue weighted by Crippen LogP contribution is -2.36. The Morgan fingerprint density at radius 2 is 1.75 bits per heavy atom. The number of carbonyl (C=O) groups excluding carboxylic acids is 2. The Morgan fingerprint density at radius 1 is 0.975 bits per heavy atom. The van der Waals surface area contributed by atoms with Crippen LogP contribution in [-0.4, -0.2) is 82.2 Å². The molecule has 0 spiro atoms. The largest absolute Gasteiger partial charge is 0.398 e. The van der Waals surface area contributed by atoms with E-state index in [1.807, 2.05) is 38.2 Å². The number of hydrogen-bond donors (Lipinski definition) is 3. The van der Waals surface area contributed by atoms with Crippen molar-refractivity contribution in [2.45, 2.75) is 13.3 Å². The lowest BCUT2D eigenvalue weighted by atomic mass is 10.1. The number of nitrogen functional groups attached to an aromatic ring is 1. The van der Waals surface area contributed by atoms with Gasteiger partial charge in [0.2, 0.25) is 0 Å². The minimum atomic E-state index is -0.308. The Hall–Kier alpha value is -4.15. The number of ether oxygens (including phenoxy) is 1. The van der Waals surface area contributed by atoms with Gasteiger partial charge in [0.15, 0.2) is 0 Å². The minimum Gasteiger partial charge on any atom is -0.398 e. The third-order valence-electron chi connectivity index (χ3n) is 6.91. The molecule has 10 nitrogen and oxygen atoms in total. The zero-order valence-electron chi connectivity index (χ0n) is 23.7. The van der Waals surface area contributed by atoms with E-state index < -0.39 is 0 Å². The number of aromatic nitrogens is 1. The number of carbonyl (C=O) groups is 2. The summed E-state index contributed by atoms with van der Waals surface area (Å²) in [5.74, 6) is 0.181. The number of anilines is 5. The third-order valence-corrected chi connectivity index (χ3v) is 6.91. The van der Waals surface area contributed by atoms with E-state index in [0.29, 0.717) is 41.4 Å². The molecule has 212 valence electrons. The number of nitrogens with two attached hydrogens (primary N) is 1. The number of nitrogens with zero attached hydrogens (tertiary/aromatic N) is 4. The third kappa shape index (κ3) is 7.49. The van der Waals surface area contributed by atoms with Crippen molar-refractivity contribution in [3.05, 3.63) is 71.4 Å². The van der Waals surface area contributed by atoms with Crippen molar-refractivity contribution < 1.29 is 14.3 Å². The molecule has 3 aromatic rings. The summed E-state index contributed by atoms with van der Waals surface area (Å²) in [6.07, 6.45) is 2.64. The van der Waals surface area contributed by atoms with Gasteiger partial charge in [0.1, 0.15) is 5.82 Å². The van der Waals surface area contributed by atoms with Crippen LogP contribution in [0.15, 0.2) is 54.7 Å². The van der Waals surface area contributed by atoms with Gasteiger partial charge in [-0.1, -0.05) is 6.07 Å². The number of nitrogens with one attached hydrogen (secondary N) is 2. The fourth-order valence-electron chi connectivity index (χ4n) is 4.48. The van der Waals surface area contributed by atoms with Crippen molar-refractivity contribution in [1.82, 2.24) is 9.88 Å². The molecule has 1 saturated heterocycles. The van der Waals surface area contributed by atoms with Gasteiger partial charge in [0.05, 0.1) is 18.8 Å². The molecule has 2 aromatic carbocycles. The molecule has 4 N–H and O–H groups in total. The average molecular weight is 546 g/mol. The van der Waals surface area contributed by atoms with Crippen LogP contribution in [0.25, 0.3) is 0 Å². The van der Waals surface area contributed by atoms with Crippen molar-refractivity contribution in [2.24, 2.45) is 0 Å². The van der Waals surface area contributed by atoms with E-state index in [4.69, 9.17) is 10.5 Å². The first-order valence-electron chi connectivity index (χ1n) is 13.5. The first kappa shape index (κ1) is 28.8. The second kappa shape index (κ2) is 13.3. The molecular formula is C30H39N7O3. The van der Waals surface area contributed by atoms with Crippen LogP contribution >= 0.6 is 0 Å². The lowest BCUT2D eigenvalue weighted by molar-refractivity contribution is 0.101. The normalized spacial score (nSPS) is 13.3. The predicted octanol–water partition coefficient (Wildman–Crippen LogP) is 3.70. The summed E-state index contributed by atoms with van der Waals surface area (Å²) in [7, 11) is 6.11. The van der Waals surface area contributed by atoms with E-state index in [0.717, 1.165) is 49.7 Å². The van der Waals surface area contributed by atoms with Gasteiger partial charge in [-0.05, 0) is 82.0 Å². The number of pyridine rings is 1. The van der Waals surface area contributed by atoms with E-state index in [1.165, 1.54) is 0 Å². The highest BCUT2D eigenvalue weighted by Gasteiger charge is 2.17. The second-order valence-corrected chi connectivity index (χ2v) is 10.3. The maximum absolute atomic E-state index is 13.3. The summed E-state index contributed by atoms with van der Waals surface area (Å²) in [5, 5.41) is 5.91. The van der Waals surface area contributed by atoms with Crippen LogP contribution in [-0.2, 0) is 4.74 Å². The summed E-state index contributed by atoms with van der Waals surface area (Å²) in [4.78, 5) is 37.1. The van der Waals surface area contributed by atoms with Gasteiger partial charge in [0, 0.05) is 61.2 Å². The van der Waals surface area contributed by atoms with E-state index >= 15 is 0 Å². The maximum Gasteiger partial charge on any atom is 0.257 e. The van der Waals surface area contributed by atoms with Crippen molar-refractivity contribution in [2.75, 3.05) is 86.7 Å². The molecule has 0 radical (unpaired) electrons. The van der Waals surface area contributed by atoms with E-state index in [-0.39, 0.29) is 11.8 Å². The molecule has 10 heteroatoms. The van der Waals surface area contributed by atoms with E-state index in [1.54, 1.807) is 30.5 Å². The van der Waals surface area contributed by atoms with Crippen LogP contribution in [0.4, 0.5) is 28.6 Å². The molecule has 1 aliphatic rings. The fourth-order valence-corrected chi connectivity index (χ4v) is 4.48. The molecule has 1 aliphatic heterocycles. The van der Waals surface area contributed by atoms with Gasteiger partial charge in [-0.2, -0.15) is 0 Å². The summed E-state index contributed by atoms with van der Waals surface area (Å²) in [6, 6.07) is 14.4. The van der Waals surface area contributed by atoms with Gasteiger partial charge >= 0.3 is 0 Å². The van der Waals surface area contributed by atoms with E-state index in [9.17, 15) is 9.59 Å². The Morgan fingerprint density at radius 3 is 2.50 bits per heavy atom. The highest BCUT2D eigenvalue weighted by molar-refractivity contribution is 6.09. The monoisotopic (exact) mass is 545 g/mol. The molecule has 1 aromatic heterocycles. The molecule has 0 atom stereocenters. The van der Waals surface area contributed by atoms with Crippen LogP contribution in [0, 0.1) is 6.92 Å². The standard InChI is InChI=1S/C30H39N7O3/c1-21-6-7-23(33-29(38)22-10-11-32-28(18-22)37-14-16-40-17-15-37)19-27(21)34-30(39)25-20-24(8-9-26(25)31)36(4)13-5-12-35(2)3/h6-11,18-20H,5,12-17,31H2,1-4H3,(H,33,38)(H,34,39). The molecule has 2 heterocycles. The number of morpholine rings is 1. The quantitative estimate of drug-likeness (QED) is 0.330. The summed E-state index contributed by atoms with van der Waals surface area (Å²) in [5.41, 5.74) is 10.4. The van der Waals surface area contributed by atoms with Crippen LogP contribution in [0.1, 0.15) is 32.7 Å². The van der Waals surface area contributed by atoms with Gasteiger partial charge in [-0.15, -0.1) is 0 Å². The smallest absolute Gasteiger partial charge is 0.257 e. The molecule has 0 unspecified atom stereocenters. The number of rotatable bonds is 10. The molecule has 4 rings (SSSR count). The van der Waals surface area contributed by atoms with Crippen LogP contribution in [0.2, 0.25) is 0 Å². The molecule has 1 fully saturated rings. The van der Waals surface area contributed by atoms with Gasteiger partial charge in [-0.3, -0.25) is 9.59 Å². The van der Waals surface area contributed by atoms with Gasteiger partial charge in [-0.25, -0.2) is 4.98 Å². The van der Waals surface area contributed by atoms with Crippen LogP contribution < -0.4 is 26.2 Å². The summed E-state index contributed by atoms with van der Waals surface area (Å²) in [6.45, 7) is 6.48. The first-order chi connectivity index (χ1) is 19.2. The average Bonchev–Trinajstić information content (AvgIpc) is 2.95. The van der Waals surface area contributed by atoms with Gasteiger partial charge in [0.25, 0.3) is 11.8 Å². The Labute approximate surface area is 236 Å². The molecule has 2 amide bonds. The topological polar surface area (TPSA) is 116 Å². The zero-order chi connectivity index (χ0) is 28.6. The van der Waals surface area contributed by atoms with Crippen molar-refractivity contribution in [3.63, 3.8) is 0 Å². The predicted molar refractivity (Wildman–Crippen MR) is 162 cm³/mol. The van der Waals surface area contributed by atoms with Gasteiger partial charge < -0.3 is 35.8 Å². The minimum absolute atomic E-state index is 0.257. The molecule has 0 aliphatic carbocycles. The lowest BCUT2D eigenvalue weighted by Gasteiger charge is -2.27. The van der Waals surface area contributed by atoms with E-state index in [2.05, 4.69) is 44.4 Å². The highest BCUT2D eigenvalue weighted by Crippen LogP contribution is 2.25. The number of hydrogen-bond acceptors (Lipinski definition) is 8. The van der Waals surface area contributed by atoms with Crippen molar-refractivity contribution in [1.29, 1.82) is 0 Å². The molecule has 40 heavy (non-hydrogen) atoms. The summed E-state index contributed by atoms with van der Waals surface area (Å²) < 4.78 is 5.41. The fraction of sp³-hybridized carbons (Fsp3) is 0.367. The second-order valence-electron chi connectivity index (χ2n) is 10.3. The maximum atomic E-state index is 13.3. The van der Waals surface area contributed by atoms with Crippen LogP contribution in [0.5, 0.6) is 0 Å². The van der Waals surface area contributed by atoms with Crippen molar-refractivity contribution in [3.8, 4) is 0 Å². The van der Waals surface area contributed by atoms with Crippen LogP contribution in [0.3, 0.4) is 0 Å². The SMILES string of the molecule is Cc1ccc(NC(=O)c2ccnc(N3CCOCC3)c2)cc1NC(=O)c1cc(N(C)CCCN(C)C)ccc1N. The number of aryl methyl sites for hydroxylation is 1. The summed E-state index contributed by atoms with van der Waals surface area (Å²) >= 11 is 0. The zero-order valence-corrected chi connectivity index (χ0v) is 23.7. The first-order valence-corrected chi connectivity index (χ1v) is 13.5. The highest BCUT2D eigenvalue weighted by atomic mass is 16.5. The van der Waals surface area contributed by atoms with Crippen molar-refractivity contribution >= 4 is 40.4 Å².